The number of carbonyl (C=O) groups is 1. The molecule has 0 saturated carbocycles. The van der Waals surface area contributed by atoms with Crippen LogP contribution in [0.25, 0.3) is 6.08 Å². The molecule has 6 heteroatoms. The lowest BCUT2D eigenvalue weighted by atomic mass is 10.1. The van der Waals surface area contributed by atoms with Crippen molar-refractivity contribution in [2.45, 2.75) is 13.5 Å². The lowest BCUT2D eigenvalue weighted by molar-refractivity contribution is -0.126. The molecule has 0 radical (unpaired) electrons. The zero-order valence-corrected chi connectivity index (χ0v) is 16.5. The first-order chi connectivity index (χ1) is 13.5. The molecule has 0 atom stereocenters. The van der Waals surface area contributed by atoms with E-state index in [1.807, 2.05) is 25.1 Å². The van der Waals surface area contributed by atoms with E-state index >= 15 is 0 Å². The third-order valence-corrected chi connectivity index (χ3v) is 4.67. The molecule has 0 unspecified atom stereocenters. The molecule has 0 aliphatic carbocycles. The number of methoxy groups -OCH3 is 1. The summed E-state index contributed by atoms with van der Waals surface area (Å²) >= 11 is 6.02. The minimum absolute atomic E-state index is 0.156. The van der Waals surface area contributed by atoms with Gasteiger partial charge in [0.25, 0.3) is 0 Å². The molecule has 3 rings (SSSR count). The molecule has 1 aliphatic heterocycles. The van der Waals surface area contributed by atoms with Gasteiger partial charge in [0.1, 0.15) is 12.4 Å². The van der Waals surface area contributed by atoms with Gasteiger partial charge in [0.15, 0.2) is 11.6 Å². The summed E-state index contributed by atoms with van der Waals surface area (Å²) in [5.41, 5.74) is 2.45. The van der Waals surface area contributed by atoms with Crippen molar-refractivity contribution in [2.75, 3.05) is 20.3 Å². The second-order valence-electron chi connectivity index (χ2n) is 6.34. The van der Waals surface area contributed by atoms with Gasteiger partial charge in [0.2, 0.25) is 5.91 Å². The predicted octanol–water partition coefficient (Wildman–Crippen LogP) is 4.87. The summed E-state index contributed by atoms with van der Waals surface area (Å²) < 4.78 is 24.5. The average Bonchev–Trinajstić information content (AvgIpc) is 2.70. The number of hydrogen-bond acceptors (Lipinski definition) is 3. The number of hydrogen-bond donors (Lipinski definition) is 0. The Morgan fingerprint density at radius 3 is 2.86 bits per heavy atom. The molecular formula is C22H21ClFNO3. The van der Waals surface area contributed by atoms with Gasteiger partial charge in [0.05, 0.1) is 7.11 Å². The summed E-state index contributed by atoms with van der Waals surface area (Å²) in [6.45, 7) is 3.08. The van der Waals surface area contributed by atoms with Crippen molar-refractivity contribution < 1.29 is 18.7 Å². The molecule has 0 aromatic heterocycles. The summed E-state index contributed by atoms with van der Waals surface area (Å²) in [7, 11) is 1.42. The molecule has 4 nitrogen and oxygen atoms in total. The highest BCUT2D eigenvalue weighted by Crippen LogP contribution is 2.29. The Morgan fingerprint density at radius 1 is 1.32 bits per heavy atom. The van der Waals surface area contributed by atoms with Gasteiger partial charge in [-0.15, -0.1) is 0 Å². The van der Waals surface area contributed by atoms with Crippen LogP contribution < -0.4 is 9.47 Å². The Bertz CT molecular complexity index is 939. The monoisotopic (exact) mass is 401 g/mol. The molecule has 0 saturated heterocycles. The summed E-state index contributed by atoms with van der Waals surface area (Å²) in [6.07, 6.45) is 5.20. The van der Waals surface area contributed by atoms with Crippen molar-refractivity contribution in [1.29, 1.82) is 0 Å². The van der Waals surface area contributed by atoms with E-state index in [1.165, 1.54) is 19.3 Å². The van der Waals surface area contributed by atoms with Gasteiger partial charge in [-0.3, -0.25) is 4.79 Å². The lowest BCUT2D eigenvalue weighted by Gasteiger charge is -2.20. The van der Waals surface area contributed by atoms with E-state index in [9.17, 15) is 9.18 Å². The topological polar surface area (TPSA) is 38.8 Å². The first-order valence-electron chi connectivity index (χ1n) is 8.92. The van der Waals surface area contributed by atoms with Crippen LogP contribution in [0.3, 0.4) is 0 Å². The maximum atomic E-state index is 13.9. The van der Waals surface area contributed by atoms with Gasteiger partial charge in [0, 0.05) is 29.8 Å². The smallest absolute Gasteiger partial charge is 0.246 e. The molecule has 2 aromatic rings. The normalized spacial score (nSPS) is 12.9. The Morgan fingerprint density at radius 2 is 2.14 bits per heavy atom. The second-order valence-corrected chi connectivity index (χ2v) is 6.78. The summed E-state index contributed by atoms with van der Waals surface area (Å²) in [4.78, 5) is 14.2. The standard InChI is InChI=1S/C22H21ClFNO3/c1-3-25(13-15-4-7-21(27-2)19(24)11-15)22(26)9-5-16-10-17-12-18(23)6-8-20(17)28-14-16/h4-12H,3,13-14H2,1-2H3/b9-5+. The van der Waals surface area contributed by atoms with E-state index in [-0.39, 0.29) is 11.7 Å². The van der Waals surface area contributed by atoms with Crippen LogP contribution in [0, 0.1) is 5.82 Å². The highest BCUT2D eigenvalue weighted by atomic mass is 35.5. The van der Waals surface area contributed by atoms with E-state index in [4.69, 9.17) is 21.1 Å². The van der Waals surface area contributed by atoms with Crippen molar-refractivity contribution in [2.24, 2.45) is 0 Å². The van der Waals surface area contributed by atoms with Gasteiger partial charge in [-0.25, -0.2) is 4.39 Å². The predicted molar refractivity (Wildman–Crippen MR) is 108 cm³/mol. The molecule has 1 amide bonds. The van der Waals surface area contributed by atoms with E-state index in [1.54, 1.807) is 29.2 Å². The van der Waals surface area contributed by atoms with Crippen LogP contribution in [0.1, 0.15) is 18.1 Å². The van der Waals surface area contributed by atoms with Crippen LogP contribution in [0.4, 0.5) is 4.39 Å². The van der Waals surface area contributed by atoms with E-state index in [0.717, 1.165) is 16.9 Å². The first-order valence-corrected chi connectivity index (χ1v) is 9.30. The fraction of sp³-hybridized carbons (Fsp3) is 0.227. The molecular weight excluding hydrogens is 381 g/mol. The van der Waals surface area contributed by atoms with Crippen molar-refractivity contribution in [3.8, 4) is 11.5 Å². The van der Waals surface area contributed by atoms with Gasteiger partial charge in [-0.1, -0.05) is 23.7 Å². The van der Waals surface area contributed by atoms with Gasteiger partial charge in [-0.2, -0.15) is 0 Å². The largest absolute Gasteiger partial charge is 0.494 e. The Kier molecular flexibility index (Phi) is 6.37. The summed E-state index contributed by atoms with van der Waals surface area (Å²) in [5.74, 6) is 0.352. The van der Waals surface area contributed by atoms with E-state index in [2.05, 4.69) is 0 Å². The minimum Gasteiger partial charge on any atom is -0.494 e. The maximum absolute atomic E-state index is 13.9. The molecule has 0 bridgehead atoms. The molecule has 0 fully saturated rings. The van der Waals surface area contributed by atoms with Gasteiger partial charge < -0.3 is 14.4 Å². The van der Waals surface area contributed by atoms with E-state index in [0.29, 0.717) is 30.3 Å². The quantitative estimate of drug-likeness (QED) is 0.648. The third kappa shape index (κ3) is 4.73. The van der Waals surface area contributed by atoms with Crippen LogP contribution in [-0.2, 0) is 11.3 Å². The molecule has 0 spiro atoms. The zero-order chi connectivity index (χ0) is 20.1. The van der Waals surface area contributed by atoms with Crippen molar-refractivity contribution in [1.82, 2.24) is 4.90 Å². The van der Waals surface area contributed by atoms with Crippen LogP contribution in [0.15, 0.2) is 54.1 Å². The Labute approximate surface area is 168 Å². The van der Waals surface area contributed by atoms with Gasteiger partial charge in [-0.05, 0) is 54.5 Å². The molecule has 146 valence electrons. The lowest BCUT2D eigenvalue weighted by Crippen LogP contribution is -2.28. The first kappa shape index (κ1) is 20.0. The fourth-order valence-electron chi connectivity index (χ4n) is 2.92. The average molecular weight is 402 g/mol. The molecule has 0 N–H and O–H groups in total. The summed E-state index contributed by atoms with van der Waals surface area (Å²) in [6, 6.07) is 10.1. The third-order valence-electron chi connectivity index (χ3n) is 4.43. The van der Waals surface area contributed by atoms with E-state index < -0.39 is 5.82 Å². The number of benzene rings is 2. The van der Waals surface area contributed by atoms with Crippen molar-refractivity contribution in [3.63, 3.8) is 0 Å². The molecule has 28 heavy (non-hydrogen) atoms. The number of ether oxygens (including phenoxy) is 2. The van der Waals surface area contributed by atoms with Crippen molar-refractivity contribution in [3.05, 3.63) is 76.1 Å². The molecule has 1 aliphatic rings. The number of rotatable bonds is 6. The summed E-state index contributed by atoms with van der Waals surface area (Å²) in [5, 5.41) is 0.629. The number of likely N-dealkylation sites (N-methyl/N-ethyl adjacent to an activating group) is 1. The SMILES string of the molecule is CCN(Cc1ccc(OC)c(F)c1)C(=O)/C=C/C1=Cc2cc(Cl)ccc2OC1. The highest BCUT2D eigenvalue weighted by Gasteiger charge is 2.13. The minimum atomic E-state index is -0.444. The van der Waals surface area contributed by atoms with Crippen LogP contribution in [0.2, 0.25) is 5.02 Å². The van der Waals surface area contributed by atoms with Crippen LogP contribution in [0.5, 0.6) is 11.5 Å². The number of fused-ring (bicyclic) bond motifs is 1. The second kappa shape index (κ2) is 8.93. The number of nitrogens with zero attached hydrogens (tertiary/aromatic N) is 1. The van der Waals surface area contributed by atoms with Crippen LogP contribution >= 0.6 is 11.6 Å². The number of amides is 1. The number of carbonyl (C=O) groups excluding carboxylic acids is 1. The maximum Gasteiger partial charge on any atom is 0.246 e. The fourth-order valence-corrected chi connectivity index (χ4v) is 3.10. The Balaban J connectivity index is 1.69. The van der Waals surface area contributed by atoms with Gasteiger partial charge >= 0.3 is 0 Å². The Hall–Kier alpha value is -2.79. The molecule has 2 aromatic carbocycles. The molecule has 1 heterocycles. The van der Waals surface area contributed by atoms with Crippen molar-refractivity contribution >= 4 is 23.6 Å². The zero-order valence-electron chi connectivity index (χ0n) is 15.7. The highest BCUT2D eigenvalue weighted by molar-refractivity contribution is 6.30. The number of halogens is 2. The van der Waals surface area contributed by atoms with Crippen LogP contribution in [-0.4, -0.2) is 31.1 Å².